The first-order chi connectivity index (χ1) is 7.65. The third-order valence-corrected chi connectivity index (χ3v) is 1.77. The summed E-state index contributed by atoms with van der Waals surface area (Å²) in [6, 6.07) is 0. The topological polar surface area (TPSA) is 43.4 Å². The third kappa shape index (κ3) is 7.44. The van der Waals surface area contributed by atoms with Crippen molar-refractivity contribution in [3.8, 4) is 0 Å². The van der Waals surface area contributed by atoms with Crippen molar-refractivity contribution < 1.29 is 18.7 Å². The molecule has 4 heteroatoms. The van der Waals surface area contributed by atoms with E-state index in [0.29, 0.717) is 6.29 Å². The van der Waals surface area contributed by atoms with E-state index in [9.17, 15) is 14.0 Å². The van der Waals surface area contributed by atoms with Crippen LogP contribution in [0.25, 0.3) is 0 Å². The monoisotopic (exact) mass is 242 g/mol. The van der Waals surface area contributed by atoms with Gasteiger partial charge < -0.3 is 9.53 Å². The van der Waals surface area contributed by atoms with Gasteiger partial charge in [0.1, 0.15) is 17.7 Å². The summed E-state index contributed by atoms with van der Waals surface area (Å²) >= 11 is 0. The Morgan fingerprint density at radius 1 is 1.47 bits per heavy atom. The van der Waals surface area contributed by atoms with Crippen LogP contribution in [0.1, 0.15) is 34.1 Å². The van der Waals surface area contributed by atoms with E-state index in [2.05, 4.69) is 6.58 Å². The van der Waals surface area contributed by atoms with Crippen LogP contribution in [-0.2, 0) is 14.3 Å². The van der Waals surface area contributed by atoms with Crippen molar-refractivity contribution in [1.29, 1.82) is 0 Å². The van der Waals surface area contributed by atoms with Crippen molar-refractivity contribution in [2.45, 2.75) is 39.7 Å². The maximum atomic E-state index is 13.3. The van der Waals surface area contributed by atoms with E-state index in [1.54, 1.807) is 20.8 Å². The van der Waals surface area contributed by atoms with E-state index in [0.717, 1.165) is 6.08 Å². The number of hydrogen-bond acceptors (Lipinski definition) is 3. The van der Waals surface area contributed by atoms with Crippen LogP contribution in [0.15, 0.2) is 24.1 Å². The van der Waals surface area contributed by atoms with E-state index in [-0.39, 0.29) is 12.0 Å². The number of ether oxygens (including phenoxy) is 1. The summed E-state index contributed by atoms with van der Waals surface area (Å²) < 4.78 is 18.3. The maximum absolute atomic E-state index is 13.3. The largest absolute Gasteiger partial charge is 0.460 e. The quantitative estimate of drug-likeness (QED) is 0.423. The predicted octanol–water partition coefficient (Wildman–Crippen LogP) is 2.96. The maximum Gasteiger partial charge on any atom is 0.310 e. The second kappa shape index (κ2) is 6.33. The van der Waals surface area contributed by atoms with Gasteiger partial charge in [0.2, 0.25) is 0 Å². The molecule has 3 nitrogen and oxygen atoms in total. The first-order valence-corrected chi connectivity index (χ1v) is 5.37. The molecule has 0 bridgehead atoms. The molecule has 1 atom stereocenters. The minimum absolute atomic E-state index is 0.0870. The fraction of sp³-hybridized carbons (Fsp3) is 0.538. The Bertz CT molecular complexity index is 337. The fourth-order valence-corrected chi connectivity index (χ4v) is 1.01. The lowest BCUT2D eigenvalue weighted by molar-refractivity contribution is -0.153. The van der Waals surface area contributed by atoms with Gasteiger partial charge in [-0.2, -0.15) is 0 Å². The zero-order chi connectivity index (χ0) is 13.6. The van der Waals surface area contributed by atoms with Gasteiger partial charge in [-0.25, -0.2) is 4.39 Å². The number of rotatable bonds is 5. The number of esters is 1. The molecule has 0 radical (unpaired) electrons. The molecule has 0 saturated heterocycles. The lowest BCUT2D eigenvalue weighted by atomic mass is 10.1. The first kappa shape index (κ1) is 15.6. The van der Waals surface area contributed by atoms with E-state index >= 15 is 0 Å². The van der Waals surface area contributed by atoms with Crippen molar-refractivity contribution in [2.75, 3.05) is 0 Å². The highest BCUT2D eigenvalue weighted by atomic mass is 19.1. The van der Waals surface area contributed by atoms with Gasteiger partial charge in [-0.05, 0) is 39.3 Å². The van der Waals surface area contributed by atoms with Crippen LogP contribution in [0.5, 0.6) is 0 Å². The molecule has 1 unspecified atom stereocenters. The molecule has 0 aromatic rings. The molecule has 0 spiro atoms. The highest BCUT2D eigenvalue weighted by molar-refractivity contribution is 5.73. The zero-order valence-electron chi connectivity index (χ0n) is 10.7. The standard InChI is InChI=1S/C13H19FO3/c1-9(6-11(14)10(2)8-15)7-12(16)17-13(3,4)5/h6,8,10H,1,7H2,2-5H3/b11-6+. The molecule has 0 aliphatic carbocycles. The smallest absolute Gasteiger partial charge is 0.310 e. The molecule has 0 aromatic heterocycles. The molecule has 0 fully saturated rings. The van der Waals surface area contributed by atoms with Crippen molar-refractivity contribution >= 4 is 12.3 Å². The van der Waals surface area contributed by atoms with E-state index in [1.807, 2.05) is 0 Å². The fourth-order valence-electron chi connectivity index (χ4n) is 1.01. The molecular weight excluding hydrogens is 223 g/mol. The number of allylic oxidation sites excluding steroid dienone is 2. The lowest BCUT2D eigenvalue weighted by Gasteiger charge is -2.19. The Kier molecular flexibility index (Phi) is 5.79. The lowest BCUT2D eigenvalue weighted by Crippen LogP contribution is -2.23. The number of carbonyl (C=O) groups excluding carboxylic acids is 2. The molecule has 0 N–H and O–H groups in total. The zero-order valence-corrected chi connectivity index (χ0v) is 10.7. The predicted molar refractivity (Wildman–Crippen MR) is 64.0 cm³/mol. The van der Waals surface area contributed by atoms with Crippen LogP contribution in [0.2, 0.25) is 0 Å². The Morgan fingerprint density at radius 2 is 2.00 bits per heavy atom. The second-order valence-corrected chi connectivity index (χ2v) is 4.88. The van der Waals surface area contributed by atoms with Crippen molar-refractivity contribution in [3.63, 3.8) is 0 Å². The molecule has 0 heterocycles. The first-order valence-electron chi connectivity index (χ1n) is 5.37. The van der Waals surface area contributed by atoms with Gasteiger partial charge in [-0.15, -0.1) is 0 Å². The average molecular weight is 242 g/mol. The highest BCUT2D eigenvalue weighted by Gasteiger charge is 2.17. The molecule has 17 heavy (non-hydrogen) atoms. The second-order valence-electron chi connectivity index (χ2n) is 4.88. The van der Waals surface area contributed by atoms with Crippen LogP contribution in [-0.4, -0.2) is 17.9 Å². The Balaban J connectivity index is 4.37. The van der Waals surface area contributed by atoms with Gasteiger partial charge in [-0.1, -0.05) is 6.58 Å². The summed E-state index contributed by atoms with van der Waals surface area (Å²) in [5, 5.41) is 0. The summed E-state index contributed by atoms with van der Waals surface area (Å²) in [7, 11) is 0. The van der Waals surface area contributed by atoms with Crippen LogP contribution in [0.4, 0.5) is 4.39 Å². The van der Waals surface area contributed by atoms with Gasteiger partial charge in [-0.3, -0.25) is 4.79 Å². The van der Waals surface area contributed by atoms with Crippen LogP contribution in [0.3, 0.4) is 0 Å². The summed E-state index contributed by atoms with van der Waals surface area (Å²) in [5.74, 6) is -1.88. The van der Waals surface area contributed by atoms with E-state index in [1.165, 1.54) is 6.92 Å². The van der Waals surface area contributed by atoms with E-state index < -0.39 is 23.3 Å². The molecule has 0 rings (SSSR count). The number of halogens is 1. The summed E-state index contributed by atoms with van der Waals surface area (Å²) in [4.78, 5) is 21.7. The van der Waals surface area contributed by atoms with Crippen LogP contribution >= 0.6 is 0 Å². The van der Waals surface area contributed by atoms with Crippen LogP contribution < -0.4 is 0 Å². The van der Waals surface area contributed by atoms with Gasteiger partial charge in [0.25, 0.3) is 0 Å². The van der Waals surface area contributed by atoms with Crippen LogP contribution in [0, 0.1) is 5.92 Å². The molecule has 0 saturated carbocycles. The molecule has 0 amide bonds. The normalized spacial score (nSPS) is 14.1. The van der Waals surface area contributed by atoms with E-state index in [4.69, 9.17) is 4.74 Å². The molecule has 0 aliphatic heterocycles. The van der Waals surface area contributed by atoms with Crippen molar-refractivity contribution in [3.05, 3.63) is 24.1 Å². The summed E-state index contributed by atoms with van der Waals surface area (Å²) in [5.41, 5.74) is -0.291. The Morgan fingerprint density at radius 3 is 2.41 bits per heavy atom. The molecule has 0 aliphatic rings. The van der Waals surface area contributed by atoms with Gasteiger partial charge in [0, 0.05) is 0 Å². The van der Waals surface area contributed by atoms with Crippen molar-refractivity contribution in [2.24, 2.45) is 5.92 Å². The number of carbonyl (C=O) groups is 2. The highest BCUT2D eigenvalue weighted by Crippen LogP contribution is 2.16. The molecule has 0 aromatic carbocycles. The van der Waals surface area contributed by atoms with Crippen molar-refractivity contribution in [1.82, 2.24) is 0 Å². The Labute approximate surface area is 101 Å². The minimum atomic E-state index is -0.814. The van der Waals surface area contributed by atoms with Gasteiger partial charge in [0.15, 0.2) is 0 Å². The minimum Gasteiger partial charge on any atom is -0.460 e. The number of hydrogen-bond donors (Lipinski definition) is 0. The average Bonchev–Trinajstić information content (AvgIpc) is 2.12. The SMILES string of the molecule is C=C(/C=C(/F)C(C)C=O)CC(=O)OC(C)(C)C. The van der Waals surface area contributed by atoms with Gasteiger partial charge >= 0.3 is 5.97 Å². The molecular formula is C13H19FO3. The number of aldehydes is 1. The summed E-state index contributed by atoms with van der Waals surface area (Å²) in [6.45, 7) is 10.2. The van der Waals surface area contributed by atoms with Gasteiger partial charge in [0.05, 0.1) is 12.3 Å². The third-order valence-electron chi connectivity index (χ3n) is 1.77. The molecule has 96 valence electrons. The summed E-state index contributed by atoms with van der Waals surface area (Å²) in [6.07, 6.45) is 1.51. The Hall–Kier alpha value is -1.45.